The number of carbonyl (C=O) groups is 1. The maximum absolute atomic E-state index is 11.4. The van der Waals surface area contributed by atoms with Gasteiger partial charge in [0.05, 0.1) is 0 Å². The van der Waals surface area contributed by atoms with Crippen molar-refractivity contribution in [2.45, 2.75) is 25.3 Å². The number of likely N-dealkylation sites (tertiary alicyclic amines) is 1. The van der Waals surface area contributed by atoms with E-state index in [1.54, 1.807) is 6.08 Å². The highest BCUT2D eigenvalue weighted by Gasteiger charge is 2.22. The molecule has 1 atom stereocenters. The molecule has 0 bridgehead atoms. The summed E-state index contributed by atoms with van der Waals surface area (Å²) in [5.74, 6) is 0.211. The van der Waals surface area contributed by atoms with Crippen molar-refractivity contribution in [3.05, 3.63) is 12.7 Å². The molecule has 12 heavy (non-hydrogen) atoms. The number of hydrogen-bond donors (Lipinski definition) is 1. The van der Waals surface area contributed by atoms with Crippen LogP contribution >= 0.6 is 0 Å². The minimum absolute atomic E-state index is 0.192. The van der Waals surface area contributed by atoms with Crippen LogP contribution in [0.1, 0.15) is 19.3 Å². The lowest BCUT2D eigenvalue weighted by atomic mass is 10.3. The standard InChI is InChI=1S/C9H16N2O/c1-2-3-4-9(12)11-6-5-8(10)7-11/h2,8H,1,3-7,10H2/t8-/m1/s1. The van der Waals surface area contributed by atoms with Crippen LogP contribution < -0.4 is 5.73 Å². The Hall–Kier alpha value is -0.830. The van der Waals surface area contributed by atoms with Crippen LogP contribution in [0.3, 0.4) is 0 Å². The summed E-state index contributed by atoms with van der Waals surface area (Å²) in [7, 11) is 0. The van der Waals surface area contributed by atoms with Gasteiger partial charge in [0.25, 0.3) is 0 Å². The summed E-state index contributed by atoms with van der Waals surface area (Å²) in [5.41, 5.74) is 5.68. The number of nitrogens with two attached hydrogens (primary N) is 1. The average Bonchev–Trinajstić information content (AvgIpc) is 2.47. The predicted molar refractivity (Wildman–Crippen MR) is 48.6 cm³/mol. The second-order valence-electron chi connectivity index (χ2n) is 3.22. The first-order chi connectivity index (χ1) is 5.74. The summed E-state index contributed by atoms with van der Waals surface area (Å²) in [5, 5.41) is 0. The number of hydrogen-bond acceptors (Lipinski definition) is 2. The lowest BCUT2D eigenvalue weighted by molar-refractivity contribution is -0.130. The molecule has 0 aromatic heterocycles. The number of rotatable bonds is 3. The Bertz CT molecular complexity index is 179. The van der Waals surface area contributed by atoms with Crippen LogP contribution in [0.25, 0.3) is 0 Å². The number of allylic oxidation sites excluding steroid dienone is 1. The van der Waals surface area contributed by atoms with Crippen molar-refractivity contribution in [3.8, 4) is 0 Å². The van der Waals surface area contributed by atoms with Gasteiger partial charge >= 0.3 is 0 Å². The molecule has 68 valence electrons. The van der Waals surface area contributed by atoms with Gasteiger partial charge in [-0.1, -0.05) is 6.08 Å². The van der Waals surface area contributed by atoms with Crippen molar-refractivity contribution in [1.29, 1.82) is 0 Å². The molecule has 1 fully saturated rings. The van der Waals surface area contributed by atoms with Gasteiger partial charge in [0.2, 0.25) is 5.91 Å². The zero-order valence-electron chi connectivity index (χ0n) is 7.33. The highest BCUT2D eigenvalue weighted by Crippen LogP contribution is 2.09. The minimum atomic E-state index is 0.192. The van der Waals surface area contributed by atoms with E-state index in [0.717, 1.165) is 25.9 Å². The number of amides is 1. The molecule has 1 saturated heterocycles. The highest BCUT2D eigenvalue weighted by atomic mass is 16.2. The summed E-state index contributed by atoms with van der Waals surface area (Å²) in [6.07, 6.45) is 4.06. The summed E-state index contributed by atoms with van der Waals surface area (Å²) in [6, 6.07) is 0.192. The normalized spacial score (nSPS) is 22.8. The first-order valence-electron chi connectivity index (χ1n) is 4.38. The molecule has 0 aromatic rings. The van der Waals surface area contributed by atoms with Crippen molar-refractivity contribution in [2.75, 3.05) is 13.1 Å². The van der Waals surface area contributed by atoms with Crippen LogP contribution in [-0.4, -0.2) is 29.9 Å². The number of nitrogens with zero attached hydrogens (tertiary/aromatic N) is 1. The first kappa shape index (κ1) is 9.26. The van der Waals surface area contributed by atoms with Crippen molar-refractivity contribution in [3.63, 3.8) is 0 Å². The Kier molecular flexibility index (Phi) is 3.29. The quantitative estimate of drug-likeness (QED) is 0.624. The largest absolute Gasteiger partial charge is 0.341 e. The molecule has 0 spiro atoms. The lowest BCUT2D eigenvalue weighted by Gasteiger charge is -2.14. The van der Waals surface area contributed by atoms with Gasteiger partial charge in [-0.15, -0.1) is 6.58 Å². The summed E-state index contributed by atoms with van der Waals surface area (Å²) >= 11 is 0. The fourth-order valence-corrected chi connectivity index (χ4v) is 1.40. The predicted octanol–water partition coefficient (Wildman–Crippen LogP) is 0.512. The Labute approximate surface area is 73.2 Å². The van der Waals surface area contributed by atoms with Crippen molar-refractivity contribution >= 4 is 5.91 Å². The Morgan fingerprint density at radius 3 is 3.00 bits per heavy atom. The topological polar surface area (TPSA) is 46.3 Å². The van der Waals surface area contributed by atoms with Gasteiger partial charge in [-0.2, -0.15) is 0 Å². The molecule has 1 heterocycles. The third-order valence-corrected chi connectivity index (χ3v) is 2.14. The molecule has 3 heteroatoms. The number of carbonyl (C=O) groups excluding carboxylic acids is 1. The molecule has 1 rings (SSSR count). The van der Waals surface area contributed by atoms with Crippen LogP contribution in [-0.2, 0) is 4.79 Å². The maximum Gasteiger partial charge on any atom is 0.222 e. The second kappa shape index (κ2) is 4.26. The molecule has 2 N–H and O–H groups in total. The molecule has 0 aliphatic carbocycles. The van der Waals surface area contributed by atoms with Crippen LogP contribution in [0.15, 0.2) is 12.7 Å². The van der Waals surface area contributed by atoms with Gasteiger partial charge in [-0.3, -0.25) is 4.79 Å². The summed E-state index contributed by atoms with van der Waals surface area (Å²) in [6.45, 7) is 5.14. The van der Waals surface area contributed by atoms with E-state index < -0.39 is 0 Å². The zero-order chi connectivity index (χ0) is 8.97. The van der Waals surface area contributed by atoms with Gasteiger partial charge < -0.3 is 10.6 Å². The Balaban J connectivity index is 2.28. The molecule has 1 aliphatic heterocycles. The third-order valence-electron chi connectivity index (χ3n) is 2.14. The summed E-state index contributed by atoms with van der Waals surface area (Å²) < 4.78 is 0. The molecular weight excluding hydrogens is 152 g/mol. The van der Waals surface area contributed by atoms with E-state index in [0.29, 0.717) is 6.42 Å². The average molecular weight is 168 g/mol. The van der Waals surface area contributed by atoms with E-state index in [-0.39, 0.29) is 11.9 Å². The second-order valence-corrected chi connectivity index (χ2v) is 3.22. The van der Waals surface area contributed by atoms with E-state index in [1.165, 1.54) is 0 Å². The van der Waals surface area contributed by atoms with Crippen LogP contribution in [0.4, 0.5) is 0 Å². The molecule has 1 aliphatic rings. The van der Waals surface area contributed by atoms with Crippen LogP contribution in [0, 0.1) is 0 Å². The van der Waals surface area contributed by atoms with Crippen molar-refractivity contribution in [2.24, 2.45) is 5.73 Å². The van der Waals surface area contributed by atoms with E-state index in [1.807, 2.05) is 4.90 Å². The molecular formula is C9H16N2O. The maximum atomic E-state index is 11.4. The molecule has 3 nitrogen and oxygen atoms in total. The van der Waals surface area contributed by atoms with Gasteiger partial charge in [-0.25, -0.2) is 0 Å². The van der Waals surface area contributed by atoms with Gasteiger partial charge in [0.1, 0.15) is 0 Å². The van der Waals surface area contributed by atoms with Gasteiger partial charge in [0.15, 0.2) is 0 Å². The monoisotopic (exact) mass is 168 g/mol. The van der Waals surface area contributed by atoms with E-state index in [9.17, 15) is 4.79 Å². The minimum Gasteiger partial charge on any atom is -0.341 e. The highest BCUT2D eigenvalue weighted by molar-refractivity contribution is 5.76. The van der Waals surface area contributed by atoms with Gasteiger partial charge in [-0.05, 0) is 12.8 Å². The van der Waals surface area contributed by atoms with Crippen LogP contribution in [0.5, 0.6) is 0 Å². The smallest absolute Gasteiger partial charge is 0.222 e. The van der Waals surface area contributed by atoms with Gasteiger partial charge in [0, 0.05) is 25.6 Å². The SMILES string of the molecule is C=CCCC(=O)N1CC[C@@H](N)C1. The fourth-order valence-electron chi connectivity index (χ4n) is 1.40. The van der Waals surface area contributed by atoms with E-state index in [4.69, 9.17) is 5.73 Å². The fraction of sp³-hybridized carbons (Fsp3) is 0.667. The molecule has 1 amide bonds. The first-order valence-corrected chi connectivity index (χ1v) is 4.38. The zero-order valence-corrected chi connectivity index (χ0v) is 7.33. The summed E-state index contributed by atoms with van der Waals surface area (Å²) in [4.78, 5) is 13.2. The van der Waals surface area contributed by atoms with Crippen molar-refractivity contribution < 1.29 is 4.79 Å². The molecule has 0 unspecified atom stereocenters. The van der Waals surface area contributed by atoms with Crippen molar-refractivity contribution in [1.82, 2.24) is 4.90 Å². The molecule has 0 aromatic carbocycles. The van der Waals surface area contributed by atoms with E-state index >= 15 is 0 Å². The molecule has 0 saturated carbocycles. The Morgan fingerprint density at radius 2 is 2.50 bits per heavy atom. The lowest BCUT2D eigenvalue weighted by Crippen LogP contribution is -2.31. The van der Waals surface area contributed by atoms with E-state index in [2.05, 4.69) is 6.58 Å². The Morgan fingerprint density at radius 1 is 1.75 bits per heavy atom. The third kappa shape index (κ3) is 2.34. The molecule has 0 radical (unpaired) electrons. The van der Waals surface area contributed by atoms with Crippen LogP contribution in [0.2, 0.25) is 0 Å².